The van der Waals surface area contributed by atoms with Gasteiger partial charge in [0, 0.05) is 5.56 Å². The summed E-state index contributed by atoms with van der Waals surface area (Å²) in [6.45, 7) is 0. The zero-order valence-corrected chi connectivity index (χ0v) is 13.2. The van der Waals surface area contributed by atoms with Crippen LogP contribution in [0.3, 0.4) is 0 Å². The van der Waals surface area contributed by atoms with E-state index in [1.807, 2.05) is 54.6 Å². The van der Waals surface area contributed by atoms with Gasteiger partial charge in [0.2, 0.25) is 0 Å². The van der Waals surface area contributed by atoms with E-state index >= 15 is 0 Å². The highest BCUT2D eigenvalue weighted by molar-refractivity contribution is 6.25. The number of ketones is 1. The van der Waals surface area contributed by atoms with Crippen LogP contribution in [0.25, 0.3) is 38.4 Å². The second kappa shape index (κ2) is 4.91. The Labute approximate surface area is 143 Å². The molecular formula is C22H14O3. The lowest BCUT2D eigenvalue weighted by Gasteiger charge is -2.21. The molecule has 0 amide bonds. The number of carbonyl (C=O) groups excluding carboxylic acids is 1. The third-order valence-electron chi connectivity index (χ3n) is 5.00. The zero-order chi connectivity index (χ0) is 17.1. The van der Waals surface area contributed by atoms with E-state index in [-0.39, 0.29) is 5.76 Å². The van der Waals surface area contributed by atoms with E-state index < -0.39 is 11.9 Å². The van der Waals surface area contributed by atoms with Crippen LogP contribution in [-0.4, -0.2) is 22.1 Å². The molecule has 0 heterocycles. The fourth-order valence-electron chi connectivity index (χ4n) is 3.82. The molecule has 0 saturated heterocycles. The van der Waals surface area contributed by atoms with Crippen molar-refractivity contribution in [3.63, 3.8) is 0 Å². The highest BCUT2D eigenvalue weighted by atomic mass is 16.3. The van der Waals surface area contributed by atoms with Crippen molar-refractivity contribution >= 4 is 44.2 Å². The number of aliphatic hydroxyl groups excluding tert-OH is 2. The van der Waals surface area contributed by atoms with Crippen molar-refractivity contribution in [2.24, 2.45) is 0 Å². The van der Waals surface area contributed by atoms with Crippen LogP contribution in [0.15, 0.2) is 66.4 Å². The van der Waals surface area contributed by atoms with Gasteiger partial charge >= 0.3 is 0 Å². The molecule has 0 bridgehead atoms. The SMILES string of the molecule is O=C1c2c(c3ccccc3c3cc4ccccc4cc23)C=C(O)C1O. The molecule has 1 aliphatic rings. The predicted octanol–water partition coefficient (Wildman–Crippen LogP) is 4.60. The summed E-state index contributed by atoms with van der Waals surface area (Å²) in [6, 6.07) is 19.9. The third kappa shape index (κ3) is 1.87. The fourth-order valence-corrected chi connectivity index (χ4v) is 3.82. The van der Waals surface area contributed by atoms with Crippen LogP contribution in [0.1, 0.15) is 15.9 Å². The summed E-state index contributed by atoms with van der Waals surface area (Å²) < 4.78 is 0. The van der Waals surface area contributed by atoms with E-state index in [2.05, 4.69) is 6.07 Å². The highest BCUT2D eigenvalue weighted by Gasteiger charge is 2.31. The molecule has 0 fully saturated rings. The van der Waals surface area contributed by atoms with Crippen LogP contribution in [0.5, 0.6) is 0 Å². The van der Waals surface area contributed by atoms with Gasteiger partial charge in [-0.05, 0) is 56.1 Å². The van der Waals surface area contributed by atoms with Gasteiger partial charge in [-0.3, -0.25) is 4.79 Å². The normalized spacial score (nSPS) is 17.1. The summed E-state index contributed by atoms with van der Waals surface area (Å²) in [5, 5.41) is 25.9. The molecule has 0 radical (unpaired) electrons. The molecule has 3 heteroatoms. The van der Waals surface area contributed by atoms with Crippen molar-refractivity contribution in [3.05, 3.63) is 77.5 Å². The lowest BCUT2D eigenvalue weighted by molar-refractivity contribution is 0.0733. The third-order valence-corrected chi connectivity index (χ3v) is 5.00. The smallest absolute Gasteiger partial charge is 0.200 e. The van der Waals surface area contributed by atoms with E-state index in [0.717, 1.165) is 32.3 Å². The molecule has 3 nitrogen and oxygen atoms in total. The molecule has 5 rings (SSSR count). The lowest BCUT2D eigenvalue weighted by atomic mass is 9.83. The number of fused-ring (bicyclic) bond motifs is 7. The first-order valence-electron chi connectivity index (χ1n) is 8.15. The standard InChI is InChI=1S/C22H14O3/c23-19-11-18-15-8-4-3-7-14(15)16-9-12-5-1-2-6-13(12)10-17(16)20(18)22(25)21(19)24/h1-11,21,23-24H. The Morgan fingerprint density at radius 2 is 1.36 bits per heavy atom. The van der Waals surface area contributed by atoms with E-state index in [9.17, 15) is 15.0 Å². The Bertz CT molecular complexity index is 1230. The zero-order valence-electron chi connectivity index (χ0n) is 13.2. The van der Waals surface area contributed by atoms with E-state index in [4.69, 9.17) is 0 Å². The largest absolute Gasteiger partial charge is 0.509 e. The highest BCUT2D eigenvalue weighted by Crippen LogP contribution is 2.39. The topological polar surface area (TPSA) is 57.5 Å². The minimum atomic E-state index is -1.50. The first-order chi connectivity index (χ1) is 12.1. The quantitative estimate of drug-likeness (QED) is 0.367. The van der Waals surface area contributed by atoms with Gasteiger partial charge in [0.25, 0.3) is 0 Å². The first kappa shape index (κ1) is 14.2. The maximum absolute atomic E-state index is 12.8. The van der Waals surface area contributed by atoms with Gasteiger partial charge in [-0.25, -0.2) is 0 Å². The summed E-state index contributed by atoms with van der Waals surface area (Å²) >= 11 is 0. The van der Waals surface area contributed by atoms with Gasteiger partial charge in [-0.2, -0.15) is 0 Å². The first-order valence-corrected chi connectivity index (χ1v) is 8.15. The Morgan fingerprint density at radius 3 is 2.08 bits per heavy atom. The molecule has 1 aliphatic carbocycles. The molecule has 0 saturated carbocycles. The molecular weight excluding hydrogens is 312 g/mol. The molecule has 0 aromatic heterocycles. The maximum Gasteiger partial charge on any atom is 0.200 e. The van der Waals surface area contributed by atoms with Crippen molar-refractivity contribution in [3.8, 4) is 0 Å². The second-order valence-electron chi connectivity index (χ2n) is 6.42. The monoisotopic (exact) mass is 326 g/mol. The van der Waals surface area contributed by atoms with Crippen molar-refractivity contribution in [1.82, 2.24) is 0 Å². The van der Waals surface area contributed by atoms with Gasteiger partial charge in [-0.15, -0.1) is 0 Å². The van der Waals surface area contributed by atoms with Crippen LogP contribution >= 0.6 is 0 Å². The lowest BCUT2D eigenvalue weighted by Crippen LogP contribution is -2.27. The molecule has 4 aromatic rings. The van der Waals surface area contributed by atoms with Crippen LogP contribution in [0.2, 0.25) is 0 Å². The minimum absolute atomic E-state index is 0.303. The number of hydrogen-bond acceptors (Lipinski definition) is 3. The summed E-state index contributed by atoms with van der Waals surface area (Å²) in [7, 11) is 0. The molecule has 0 spiro atoms. The molecule has 1 atom stereocenters. The molecule has 120 valence electrons. The number of rotatable bonds is 0. The summed E-state index contributed by atoms with van der Waals surface area (Å²) in [5.74, 6) is -0.760. The van der Waals surface area contributed by atoms with Crippen LogP contribution < -0.4 is 0 Å². The van der Waals surface area contributed by atoms with Crippen molar-refractivity contribution in [2.45, 2.75) is 6.10 Å². The predicted molar refractivity (Wildman–Crippen MR) is 99.9 cm³/mol. The maximum atomic E-state index is 12.8. The Morgan fingerprint density at radius 1 is 0.760 bits per heavy atom. The second-order valence-corrected chi connectivity index (χ2v) is 6.42. The molecule has 2 N–H and O–H groups in total. The Kier molecular flexibility index (Phi) is 2.79. The van der Waals surface area contributed by atoms with Crippen molar-refractivity contribution in [2.75, 3.05) is 0 Å². The number of aliphatic hydroxyl groups is 2. The fraction of sp³-hybridized carbons (Fsp3) is 0.0455. The molecule has 25 heavy (non-hydrogen) atoms. The van der Waals surface area contributed by atoms with Gasteiger partial charge < -0.3 is 10.2 Å². The average Bonchev–Trinajstić information content (AvgIpc) is 2.65. The van der Waals surface area contributed by atoms with Crippen molar-refractivity contribution < 1.29 is 15.0 Å². The van der Waals surface area contributed by atoms with Crippen LogP contribution in [0.4, 0.5) is 0 Å². The van der Waals surface area contributed by atoms with Gasteiger partial charge in [0.05, 0.1) is 0 Å². The van der Waals surface area contributed by atoms with Crippen LogP contribution in [-0.2, 0) is 0 Å². The number of hydrogen-bond donors (Lipinski definition) is 2. The van der Waals surface area contributed by atoms with E-state index in [1.165, 1.54) is 6.08 Å². The van der Waals surface area contributed by atoms with Crippen molar-refractivity contribution in [1.29, 1.82) is 0 Å². The number of Topliss-reactive ketones (excluding diaryl/α,β-unsaturated/α-hetero) is 1. The Hall–Kier alpha value is -3.17. The summed E-state index contributed by atoms with van der Waals surface area (Å²) in [5.41, 5.74) is 1.15. The van der Waals surface area contributed by atoms with Gasteiger partial charge in [-0.1, -0.05) is 48.5 Å². The van der Waals surface area contributed by atoms with Gasteiger partial charge in [0.1, 0.15) is 5.76 Å². The molecule has 0 aliphatic heterocycles. The van der Waals surface area contributed by atoms with Gasteiger partial charge in [0.15, 0.2) is 11.9 Å². The molecule has 4 aromatic carbocycles. The minimum Gasteiger partial charge on any atom is -0.509 e. The Balaban J connectivity index is 2.09. The number of carbonyl (C=O) groups is 1. The molecule has 1 unspecified atom stereocenters. The van der Waals surface area contributed by atoms with E-state index in [1.54, 1.807) is 0 Å². The summed E-state index contributed by atoms with van der Waals surface area (Å²) in [4.78, 5) is 12.8. The average molecular weight is 326 g/mol. The van der Waals surface area contributed by atoms with Crippen LogP contribution in [0, 0.1) is 0 Å². The summed E-state index contributed by atoms with van der Waals surface area (Å²) in [6.07, 6.45) is 0.0154. The van der Waals surface area contributed by atoms with E-state index in [0.29, 0.717) is 11.1 Å². The number of benzene rings is 4.